The van der Waals surface area contributed by atoms with E-state index in [1.165, 1.54) is 4.31 Å². The summed E-state index contributed by atoms with van der Waals surface area (Å²) in [6.07, 6.45) is 1.38. The largest absolute Gasteiger partial charge is 0.492 e. The third kappa shape index (κ3) is 4.11. The van der Waals surface area contributed by atoms with Crippen LogP contribution in [0, 0.1) is 5.41 Å². The number of para-hydroxylation sites is 1. The van der Waals surface area contributed by atoms with E-state index in [1.54, 1.807) is 50.4 Å². The molecule has 3 rings (SSSR count). The van der Waals surface area contributed by atoms with Crippen LogP contribution in [0.3, 0.4) is 0 Å². The highest BCUT2D eigenvalue weighted by Crippen LogP contribution is 2.39. The first-order chi connectivity index (χ1) is 13.3. The first-order valence-corrected chi connectivity index (χ1v) is 10.9. The Kier molecular flexibility index (Phi) is 6.16. The van der Waals surface area contributed by atoms with Crippen LogP contribution in [0.15, 0.2) is 29.2 Å². The molecule has 2 aliphatic rings. The number of hydrogen-bond donors (Lipinski definition) is 0. The Hall–Kier alpha value is -1.84. The summed E-state index contributed by atoms with van der Waals surface area (Å²) in [6, 6.07) is 6.75. The van der Waals surface area contributed by atoms with E-state index in [0.29, 0.717) is 51.4 Å². The molecule has 0 N–H and O–H groups in total. The highest BCUT2D eigenvalue weighted by Gasteiger charge is 2.43. The normalized spacial score (nSPS) is 21.3. The maximum absolute atomic E-state index is 13.3. The molecule has 0 bridgehead atoms. The third-order valence-corrected chi connectivity index (χ3v) is 7.42. The molecular weight excluding hydrogens is 382 g/mol. The number of methoxy groups -OCH3 is 1. The summed E-state index contributed by atoms with van der Waals surface area (Å²) in [5.74, 6) is 0.385. The lowest BCUT2D eigenvalue weighted by Crippen LogP contribution is -2.54. The molecule has 0 aromatic heterocycles. The standard InChI is InChI=1S/C19H29N3O5S/c1-20(2)18(23)21-10-8-19(9-11-21)14-22(12-13-26-3)28(24,25)17-7-5-4-6-16(17)27-15-19/h4-7H,8-15H2,1-3H3. The molecule has 2 heterocycles. The Balaban J connectivity index is 1.88. The van der Waals surface area contributed by atoms with Crippen LogP contribution in [-0.2, 0) is 14.8 Å². The molecule has 1 fully saturated rings. The second kappa shape index (κ2) is 8.26. The van der Waals surface area contributed by atoms with E-state index in [9.17, 15) is 13.2 Å². The molecule has 1 spiro atoms. The lowest BCUT2D eigenvalue weighted by Gasteiger charge is -2.45. The monoisotopic (exact) mass is 411 g/mol. The van der Waals surface area contributed by atoms with Gasteiger partial charge in [-0.3, -0.25) is 0 Å². The Morgan fingerprint density at radius 2 is 1.93 bits per heavy atom. The zero-order valence-corrected chi connectivity index (χ0v) is 17.6. The Labute approximate surface area is 167 Å². The molecule has 0 atom stereocenters. The van der Waals surface area contributed by atoms with Crippen molar-refractivity contribution in [2.75, 3.05) is 60.6 Å². The van der Waals surface area contributed by atoms with Crippen molar-refractivity contribution in [2.24, 2.45) is 5.41 Å². The van der Waals surface area contributed by atoms with Gasteiger partial charge in [0.05, 0.1) is 13.2 Å². The van der Waals surface area contributed by atoms with Crippen molar-refractivity contribution in [3.8, 4) is 5.75 Å². The Morgan fingerprint density at radius 3 is 2.57 bits per heavy atom. The summed E-state index contributed by atoms with van der Waals surface area (Å²) in [5, 5.41) is 0. The highest BCUT2D eigenvalue weighted by molar-refractivity contribution is 7.89. The fourth-order valence-corrected chi connectivity index (χ4v) is 5.48. The number of ether oxygens (including phenoxy) is 2. The Morgan fingerprint density at radius 1 is 1.25 bits per heavy atom. The first kappa shape index (κ1) is 20.9. The average Bonchev–Trinajstić information content (AvgIpc) is 2.69. The van der Waals surface area contributed by atoms with Crippen molar-refractivity contribution < 1.29 is 22.7 Å². The van der Waals surface area contributed by atoms with Crippen molar-refractivity contribution >= 4 is 16.1 Å². The second-order valence-corrected chi connectivity index (χ2v) is 9.64. The average molecular weight is 412 g/mol. The zero-order chi connectivity index (χ0) is 20.4. The Bertz CT molecular complexity index is 804. The van der Waals surface area contributed by atoms with Crippen LogP contribution in [0.5, 0.6) is 5.75 Å². The minimum absolute atomic E-state index is 0.0178. The van der Waals surface area contributed by atoms with Gasteiger partial charge in [0.15, 0.2) is 0 Å². The number of piperidine rings is 1. The molecule has 1 saturated heterocycles. The zero-order valence-electron chi connectivity index (χ0n) is 16.8. The molecule has 1 aromatic rings. The first-order valence-electron chi connectivity index (χ1n) is 9.46. The summed E-state index contributed by atoms with van der Waals surface area (Å²) in [4.78, 5) is 15.8. The smallest absolute Gasteiger partial charge is 0.319 e. The predicted molar refractivity (Wildman–Crippen MR) is 105 cm³/mol. The number of sulfonamides is 1. The van der Waals surface area contributed by atoms with Gasteiger partial charge in [0.25, 0.3) is 0 Å². The number of hydrogen-bond acceptors (Lipinski definition) is 5. The van der Waals surface area contributed by atoms with Gasteiger partial charge in [0, 0.05) is 52.8 Å². The van der Waals surface area contributed by atoms with Crippen molar-refractivity contribution in [1.29, 1.82) is 0 Å². The predicted octanol–water partition coefficient (Wildman–Crippen LogP) is 1.48. The van der Waals surface area contributed by atoms with Gasteiger partial charge >= 0.3 is 6.03 Å². The summed E-state index contributed by atoms with van der Waals surface area (Å²) in [7, 11) is 1.35. The maximum Gasteiger partial charge on any atom is 0.319 e. The van der Waals surface area contributed by atoms with Gasteiger partial charge in [0.1, 0.15) is 10.6 Å². The molecule has 0 radical (unpaired) electrons. The fourth-order valence-electron chi connectivity index (χ4n) is 3.81. The van der Waals surface area contributed by atoms with Crippen molar-refractivity contribution in [3.05, 3.63) is 24.3 Å². The maximum atomic E-state index is 13.3. The fraction of sp³-hybridized carbons (Fsp3) is 0.632. The van der Waals surface area contributed by atoms with Crippen LogP contribution < -0.4 is 4.74 Å². The minimum atomic E-state index is -3.69. The molecule has 156 valence electrons. The highest BCUT2D eigenvalue weighted by atomic mass is 32.2. The van der Waals surface area contributed by atoms with E-state index in [0.717, 1.165) is 0 Å². The quantitative estimate of drug-likeness (QED) is 0.753. The topological polar surface area (TPSA) is 79.4 Å². The van der Waals surface area contributed by atoms with Crippen LogP contribution in [0.2, 0.25) is 0 Å². The van der Waals surface area contributed by atoms with Crippen LogP contribution in [-0.4, -0.2) is 89.2 Å². The van der Waals surface area contributed by atoms with Gasteiger partial charge in [-0.25, -0.2) is 13.2 Å². The molecule has 9 heteroatoms. The molecule has 0 aliphatic carbocycles. The minimum Gasteiger partial charge on any atom is -0.492 e. The molecule has 2 amide bonds. The summed E-state index contributed by atoms with van der Waals surface area (Å²) in [5.41, 5.74) is -0.336. The number of amides is 2. The van der Waals surface area contributed by atoms with Gasteiger partial charge in [-0.2, -0.15) is 4.31 Å². The second-order valence-electron chi connectivity index (χ2n) is 7.73. The molecule has 28 heavy (non-hydrogen) atoms. The lowest BCUT2D eigenvalue weighted by atomic mass is 9.79. The van der Waals surface area contributed by atoms with E-state index in [-0.39, 0.29) is 22.9 Å². The molecule has 0 unspecified atom stereocenters. The van der Waals surface area contributed by atoms with Crippen LogP contribution >= 0.6 is 0 Å². The number of rotatable bonds is 3. The van der Waals surface area contributed by atoms with Crippen LogP contribution in [0.1, 0.15) is 12.8 Å². The van der Waals surface area contributed by atoms with E-state index in [2.05, 4.69) is 0 Å². The van der Waals surface area contributed by atoms with E-state index in [1.807, 2.05) is 4.90 Å². The van der Waals surface area contributed by atoms with E-state index < -0.39 is 10.0 Å². The molecule has 2 aliphatic heterocycles. The SMILES string of the molecule is COCCN1CC2(CCN(C(=O)N(C)C)CC2)COc2ccccc2S1(=O)=O. The summed E-state index contributed by atoms with van der Waals surface area (Å²) in [6.45, 7) is 2.56. The summed E-state index contributed by atoms with van der Waals surface area (Å²) >= 11 is 0. The van der Waals surface area contributed by atoms with E-state index >= 15 is 0 Å². The van der Waals surface area contributed by atoms with Gasteiger partial charge < -0.3 is 19.3 Å². The third-order valence-electron chi connectivity index (χ3n) is 5.53. The molecule has 0 saturated carbocycles. The summed E-state index contributed by atoms with van der Waals surface area (Å²) < 4.78 is 39.3. The van der Waals surface area contributed by atoms with Gasteiger partial charge in [-0.1, -0.05) is 12.1 Å². The van der Waals surface area contributed by atoms with Crippen molar-refractivity contribution in [3.63, 3.8) is 0 Å². The molecule has 8 nitrogen and oxygen atoms in total. The number of urea groups is 1. The molecule has 1 aromatic carbocycles. The number of benzene rings is 1. The van der Waals surface area contributed by atoms with Crippen LogP contribution in [0.4, 0.5) is 4.79 Å². The number of carbonyl (C=O) groups is 1. The van der Waals surface area contributed by atoms with Gasteiger partial charge in [0.2, 0.25) is 10.0 Å². The van der Waals surface area contributed by atoms with Crippen LogP contribution in [0.25, 0.3) is 0 Å². The number of fused-ring (bicyclic) bond motifs is 1. The van der Waals surface area contributed by atoms with Crippen molar-refractivity contribution in [2.45, 2.75) is 17.7 Å². The number of nitrogens with zero attached hydrogens (tertiary/aromatic N) is 3. The molecular formula is C19H29N3O5S. The number of likely N-dealkylation sites (tertiary alicyclic amines) is 1. The number of carbonyl (C=O) groups excluding carboxylic acids is 1. The van der Waals surface area contributed by atoms with Gasteiger partial charge in [-0.05, 0) is 25.0 Å². The van der Waals surface area contributed by atoms with E-state index in [4.69, 9.17) is 9.47 Å². The van der Waals surface area contributed by atoms with Crippen molar-refractivity contribution in [1.82, 2.24) is 14.1 Å². The van der Waals surface area contributed by atoms with Gasteiger partial charge in [-0.15, -0.1) is 0 Å². The lowest BCUT2D eigenvalue weighted by molar-refractivity contribution is 0.0376.